The maximum absolute atomic E-state index is 11.4. The summed E-state index contributed by atoms with van der Waals surface area (Å²) in [7, 11) is 0. The number of hydrogen-bond acceptors (Lipinski definition) is 2. The highest BCUT2D eigenvalue weighted by Crippen LogP contribution is 2.27. The summed E-state index contributed by atoms with van der Waals surface area (Å²) in [6.07, 6.45) is 6.23. The van der Waals surface area contributed by atoms with E-state index in [1.54, 1.807) is 12.2 Å². The van der Waals surface area contributed by atoms with Crippen molar-refractivity contribution in [1.82, 2.24) is 10.6 Å². The lowest BCUT2D eigenvalue weighted by Gasteiger charge is -2.12. The fraction of sp³-hybridized carbons (Fsp3) is 0.636. The SMILES string of the molecule is O=C(NCC1CC1)NC1C=CC(C(=O)O)C1. The van der Waals surface area contributed by atoms with Gasteiger partial charge in [0, 0.05) is 6.54 Å². The Bertz CT molecular complexity index is 323. The third kappa shape index (κ3) is 2.98. The van der Waals surface area contributed by atoms with Crippen LogP contribution in [0.3, 0.4) is 0 Å². The van der Waals surface area contributed by atoms with Gasteiger partial charge in [-0.15, -0.1) is 0 Å². The Hall–Kier alpha value is -1.52. The van der Waals surface area contributed by atoms with Crippen molar-refractivity contribution < 1.29 is 14.7 Å². The first-order valence-electron chi connectivity index (χ1n) is 5.60. The first-order valence-corrected chi connectivity index (χ1v) is 5.60. The molecule has 16 heavy (non-hydrogen) atoms. The van der Waals surface area contributed by atoms with Crippen molar-refractivity contribution >= 4 is 12.0 Å². The standard InChI is InChI=1S/C11H16N2O3/c14-10(15)8-3-4-9(5-8)13-11(16)12-6-7-1-2-7/h3-4,7-9H,1-2,5-6H2,(H,14,15)(H2,12,13,16). The van der Waals surface area contributed by atoms with Gasteiger partial charge < -0.3 is 15.7 Å². The number of carboxylic acid groups (broad SMARTS) is 1. The monoisotopic (exact) mass is 224 g/mol. The minimum absolute atomic E-state index is 0.152. The second-order valence-corrected chi connectivity index (χ2v) is 4.47. The Morgan fingerprint density at radius 2 is 2.06 bits per heavy atom. The number of hydrogen-bond donors (Lipinski definition) is 3. The average Bonchev–Trinajstić information content (AvgIpc) is 2.95. The number of carbonyl (C=O) groups is 2. The molecule has 0 saturated heterocycles. The molecule has 0 radical (unpaired) electrons. The number of rotatable bonds is 4. The topological polar surface area (TPSA) is 78.4 Å². The van der Waals surface area contributed by atoms with Crippen LogP contribution in [0, 0.1) is 11.8 Å². The lowest BCUT2D eigenvalue weighted by molar-refractivity contribution is -0.140. The molecular weight excluding hydrogens is 208 g/mol. The first-order chi connectivity index (χ1) is 7.65. The maximum atomic E-state index is 11.4. The Balaban J connectivity index is 1.67. The molecule has 5 heteroatoms. The second-order valence-electron chi connectivity index (χ2n) is 4.47. The number of carboxylic acids is 1. The predicted octanol–water partition coefficient (Wildman–Crippen LogP) is 0.725. The van der Waals surface area contributed by atoms with Gasteiger partial charge in [-0.05, 0) is 25.2 Å². The van der Waals surface area contributed by atoms with Crippen molar-refractivity contribution in [3.63, 3.8) is 0 Å². The van der Waals surface area contributed by atoms with E-state index in [4.69, 9.17) is 5.11 Å². The minimum Gasteiger partial charge on any atom is -0.481 e. The number of aliphatic carboxylic acids is 1. The summed E-state index contributed by atoms with van der Waals surface area (Å²) >= 11 is 0. The van der Waals surface area contributed by atoms with Crippen molar-refractivity contribution in [2.45, 2.75) is 25.3 Å². The molecular formula is C11H16N2O3. The molecule has 2 rings (SSSR count). The molecule has 0 aliphatic heterocycles. The van der Waals surface area contributed by atoms with Crippen molar-refractivity contribution in [2.75, 3.05) is 6.54 Å². The van der Waals surface area contributed by atoms with Crippen LogP contribution in [0.25, 0.3) is 0 Å². The molecule has 1 saturated carbocycles. The summed E-state index contributed by atoms with van der Waals surface area (Å²) in [5.41, 5.74) is 0. The van der Waals surface area contributed by atoms with E-state index in [9.17, 15) is 9.59 Å². The summed E-state index contributed by atoms with van der Waals surface area (Å²) in [6.45, 7) is 0.727. The highest BCUT2D eigenvalue weighted by Gasteiger charge is 2.26. The molecule has 5 nitrogen and oxygen atoms in total. The highest BCUT2D eigenvalue weighted by atomic mass is 16.4. The molecule has 1 fully saturated rings. The molecule has 0 aromatic carbocycles. The molecule has 0 spiro atoms. The van der Waals surface area contributed by atoms with E-state index >= 15 is 0 Å². The fourth-order valence-electron chi connectivity index (χ4n) is 1.77. The number of urea groups is 1. The highest BCUT2D eigenvalue weighted by molar-refractivity contribution is 5.76. The third-order valence-electron chi connectivity index (χ3n) is 2.97. The van der Waals surface area contributed by atoms with Gasteiger partial charge in [0.2, 0.25) is 0 Å². The molecule has 0 aromatic rings. The summed E-state index contributed by atoms with van der Waals surface area (Å²) in [6, 6.07) is -0.354. The molecule has 2 amide bonds. The molecule has 3 N–H and O–H groups in total. The maximum Gasteiger partial charge on any atom is 0.315 e. The summed E-state index contributed by atoms with van der Waals surface area (Å²) in [5.74, 6) is -0.649. The van der Waals surface area contributed by atoms with Gasteiger partial charge >= 0.3 is 12.0 Å². The largest absolute Gasteiger partial charge is 0.481 e. The van der Waals surface area contributed by atoms with Crippen LogP contribution in [0.5, 0.6) is 0 Å². The van der Waals surface area contributed by atoms with Crippen molar-refractivity contribution in [2.24, 2.45) is 11.8 Å². The van der Waals surface area contributed by atoms with Crippen molar-refractivity contribution in [1.29, 1.82) is 0 Å². The van der Waals surface area contributed by atoms with Gasteiger partial charge in [-0.2, -0.15) is 0 Å². The molecule has 0 heterocycles. The third-order valence-corrected chi connectivity index (χ3v) is 2.97. The molecule has 2 unspecified atom stereocenters. The van der Waals surface area contributed by atoms with E-state index in [0.29, 0.717) is 12.3 Å². The quantitative estimate of drug-likeness (QED) is 0.616. The van der Waals surface area contributed by atoms with Crippen LogP contribution >= 0.6 is 0 Å². The van der Waals surface area contributed by atoms with Gasteiger partial charge in [-0.1, -0.05) is 12.2 Å². The number of nitrogens with one attached hydrogen (secondary N) is 2. The van der Waals surface area contributed by atoms with Crippen molar-refractivity contribution in [3.8, 4) is 0 Å². The lowest BCUT2D eigenvalue weighted by atomic mass is 10.1. The Kier molecular flexibility index (Phi) is 3.12. The van der Waals surface area contributed by atoms with E-state index in [0.717, 1.165) is 6.54 Å². The van der Waals surface area contributed by atoms with Crippen LogP contribution in [0.4, 0.5) is 4.79 Å². The predicted molar refractivity (Wildman–Crippen MR) is 57.9 cm³/mol. The van der Waals surface area contributed by atoms with E-state index in [-0.39, 0.29) is 12.1 Å². The lowest BCUT2D eigenvalue weighted by Crippen LogP contribution is -2.41. The van der Waals surface area contributed by atoms with Gasteiger partial charge in [-0.3, -0.25) is 4.79 Å². The van der Waals surface area contributed by atoms with Gasteiger partial charge in [0.15, 0.2) is 0 Å². The van der Waals surface area contributed by atoms with E-state index in [1.807, 2.05) is 0 Å². The Morgan fingerprint density at radius 1 is 1.31 bits per heavy atom. The zero-order valence-corrected chi connectivity index (χ0v) is 8.98. The van der Waals surface area contributed by atoms with E-state index in [1.165, 1.54) is 12.8 Å². The zero-order valence-electron chi connectivity index (χ0n) is 8.98. The van der Waals surface area contributed by atoms with Crippen LogP contribution in [-0.2, 0) is 4.79 Å². The summed E-state index contributed by atoms with van der Waals surface area (Å²) in [5, 5.41) is 14.3. The second kappa shape index (κ2) is 4.55. The zero-order chi connectivity index (χ0) is 11.5. The fourth-order valence-corrected chi connectivity index (χ4v) is 1.77. The Labute approximate surface area is 93.9 Å². The molecule has 2 aliphatic rings. The number of amides is 2. The summed E-state index contributed by atoms with van der Waals surface area (Å²) < 4.78 is 0. The van der Waals surface area contributed by atoms with E-state index < -0.39 is 11.9 Å². The minimum atomic E-state index is -0.834. The van der Waals surface area contributed by atoms with Crippen molar-refractivity contribution in [3.05, 3.63) is 12.2 Å². The van der Waals surface area contributed by atoms with Gasteiger partial charge in [-0.25, -0.2) is 4.79 Å². The molecule has 2 aliphatic carbocycles. The Morgan fingerprint density at radius 3 is 2.62 bits per heavy atom. The molecule has 2 atom stereocenters. The summed E-state index contributed by atoms with van der Waals surface area (Å²) in [4.78, 5) is 22.1. The normalized spacial score (nSPS) is 27.8. The van der Waals surface area contributed by atoms with Crippen LogP contribution in [0.1, 0.15) is 19.3 Å². The van der Waals surface area contributed by atoms with Crippen LogP contribution in [0.15, 0.2) is 12.2 Å². The molecule has 0 aromatic heterocycles. The van der Waals surface area contributed by atoms with Gasteiger partial charge in [0.1, 0.15) is 0 Å². The van der Waals surface area contributed by atoms with Crippen LogP contribution in [-0.4, -0.2) is 29.7 Å². The van der Waals surface area contributed by atoms with Gasteiger partial charge in [0.05, 0.1) is 12.0 Å². The van der Waals surface area contributed by atoms with E-state index in [2.05, 4.69) is 10.6 Å². The van der Waals surface area contributed by atoms with Crippen LogP contribution in [0.2, 0.25) is 0 Å². The number of carbonyl (C=O) groups excluding carboxylic acids is 1. The average molecular weight is 224 g/mol. The molecule has 88 valence electrons. The smallest absolute Gasteiger partial charge is 0.315 e. The van der Waals surface area contributed by atoms with Gasteiger partial charge in [0.25, 0.3) is 0 Å². The van der Waals surface area contributed by atoms with Crippen LogP contribution < -0.4 is 10.6 Å². The molecule has 0 bridgehead atoms. The first kappa shape index (κ1) is 11.0.